The molecule has 1 N–H and O–H groups in total. The molecule has 1 aromatic rings. The molecule has 0 spiro atoms. The summed E-state index contributed by atoms with van der Waals surface area (Å²) in [5, 5.41) is 9.66. The molecule has 0 unspecified atom stereocenters. The maximum atomic E-state index is 9.66. The highest BCUT2D eigenvalue weighted by Gasteiger charge is 2.26. The first kappa shape index (κ1) is 18.0. The van der Waals surface area contributed by atoms with Crippen LogP contribution in [0.15, 0.2) is 12.1 Å². The van der Waals surface area contributed by atoms with Gasteiger partial charge in [-0.1, -0.05) is 25.0 Å². The lowest BCUT2D eigenvalue weighted by atomic mass is 9.73. The van der Waals surface area contributed by atoms with Crippen LogP contribution in [0.25, 0.3) is 0 Å². The van der Waals surface area contributed by atoms with Crippen LogP contribution in [0.3, 0.4) is 0 Å². The number of benzene rings is 1. The van der Waals surface area contributed by atoms with Gasteiger partial charge in [0.05, 0.1) is 6.10 Å². The minimum absolute atomic E-state index is 0.00147. The van der Waals surface area contributed by atoms with Gasteiger partial charge < -0.3 is 5.11 Å². The summed E-state index contributed by atoms with van der Waals surface area (Å²) in [6, 6.07) is 4.84. The van der Waals surface area contributed by atoms with Gasteiger partial charge in [-0.3, -0.25) is 0 Å². The van der Waals surface area contributed by atoms with Crippen LogP contribution < -0.4 is 0 Å². The molecular weight excluding hydrogens is 292 g/mol. The van der Waals surface area contributed by atoms with Crippen LogP contribution in [0.4, 0.5) is 0 Å². The zero-order chi connectivity index (χ0) is 17.1. The van der Waals surface area contributed by atoms with Crippen LogP contribution in [-0.2, 0) is 6.42 Å². The van der Waals surface area contributed by atoms with Crippen molar-refractivity contribution in [3.8, 4) is 0 Å². The van der Waals surface area contributed by atoms with Crippen molar-refractivity contribution in [3.05, 3.63) is 34.4 Å². The van der Waals surface area contributed by atoms with Crippen LogP contribution in [0.1, 0.15) is 80.0 Å². The second-order valence-electron chi connectivity index (χ2n) is 8.86. The molecule has 2 saturated carbocycles. The molecule has 0 bridgehead atoms. The van der Waals surface area contributed by atoms with Gasteiger partial charge in [0, 0.05) is 0 Å². The Hall–Kier alpha value is -0.820. The predicted molar refractivity (Wildman–Crippen MR) is 102 cm³/mol. The van der Waals surface area contributed by atoms with E-state index in [4.69, 9.17) is 0 Å². The summed E-state index contributed by atoms with van der Waals surface area (Å²) in [7, 11) is 0. The molecule has 0 amide bonds. The molecule has 0 saturated heterocycles. The lowest BCUT2D eigenvalue weighted by molar-refractivity contribution is 0.0968. The van der Waals surface area contributed by atoms with E-state index >= 15 is 0 Å². The van der Waals surface area contributed by atoms with E-state index in [1.54, 1.807) is 5.56 Å². The van der Waals surface area contributed by atoms with Crippen molar-refractivity contribution in [2.45, 2.75) is 91.1 Å². The quantitative estimate of drug-likeness (QED) is 0.729. The summed E-state index contributed by atoms with van der Waals surface area (Å²) in [6.07, 6.45) is 13.1. The summed E-state index contributed by atoms with van der Waals surface area (Å²) >= 11 is 0. The molecule has 0 aliphatic heterocycles. The van der Waals surface area contributed by atoms with Crippen molar-refractivity contribution >= 4 is 0 Å². The molecule has 2 aliphatic carbocycles. The van der Waals surface area contributed by atoms with Gasteiger partial charge in [0.1, 0.15) is 0 Å². The van der Waals surface area contributed by atoms with E-state index in [2.05, 4.69) is 32.9 Å². The minimum atomic E-state index is -0.00147. The highest BCUT2D eigenvalue weighted by atomic mass is 16.3. The average molecular weight is 329 g/mol. The van der Waals surface area contributed by atoms with E-state index in [0.29, 0.717) is 0 Å². The fraction of sp³-hybridized carbons (Fsp3) is 0.739. The molecule has 134 valence electrons. The first-order valence-corrected chi connectivity index (χ1v) is 10.3. The summed E-state index contributed by atoms with van der Waals surface area (Å²) in [6.45, 7) is 6.75. The number of aryl methyl sites for hydroxylation is 2. The fourth-order valence-electron chi connectivity index (χ4n) is 5.10. The van der Waals surface area contributed by atoms with Crippen molar-refractivity contribution in [1.29, 1.82) is 0 Å². The average Bonchev–Trinajstić information content (AvgIpc) is 2.56. The molecule has 0 atom stereocenters. The number of rotatable bonds is 4. The number of aliphatic hydroxyl groups excluding tert-OH is 1. The topological polar surface area (TPSA) is 20.2 Å². The van der Waals surface area contributed by atoms with Gasteiger partial charge >= 0.3 is 0 Å². The standard InChI is InChI=1S/C23H36O/c1-16-12-22(13-17(2)18(16)3)15-20-6-4-19(5-7-20)14-21-8-10-23(24)11-9-21/h12-13,19-21,23-24H,4-11,14-15H2,1-3H3. The molecule has 24 heavy (non-hydrogen) atoms. The van der Waals surface area contributed by atoms with Crippen LogP contribution in [0.2, 0.25) is 0 Å². The van der Waals surface area contributed by atoms with E-state index < -0.39 is 0 Å². The van der Waals surface area contributed by atoms with E-state index in [0.717, 1.165) is 30.6 Å². The smallest absolute Gasteiger partial charge is 0.0540 e. The van der Waals surface area contributed by atoms with Gasteiger partial charge in [0.2, 0.25) is 0 Å². The van der Waals surface area contributed by atoms with Crippen molar-refractivity contribution in [2.24, 2.45) is 17.8 Å². The van der Waals surface area contributed by atoms with Crippen molar-refractivity contribution in [1.82, 2.24) is 0 Å². The Bertz CT molecular complexity index is 508. The molecule has 0 aromatic heterocycles. The molecule has 0 heterocycles. The van der Waals surface area contributed by atoms with Gasteiger partial charge in [-0.05, 0) is 112 Å². The Morgan fingerprint density at radius 1 is 0.750 bits per heavy atom. The monoisotopic (exact) mass is 328 g/mol. The number of aliphatic hydroxyl groups is 1. The molecule has 1 aromatic carbocycles. The second-order valence-corrected chi connectivity index (χ2v) is 8.86. The first-order valence-electron chi connectivity index (χ1n) is 10.3. The Balaban J connectivity index is 1.45. The van der Waals surface area contributed by atoms with Crippen molar-refractivity contribution in [2.75, 3.05) is 0 Å². The van der Waals surface area contributed by atoms with E-state index in [9.17, 15) is 5.11 Å². The maximum absolute atomic E-state index is 9.66. The third kappa shape index (κ3) is 4.63. The van der Waals surface area contributed by atoms with Crippen LogP contribution in [-0.4, -0.2) is 11.2 Å². The molecule has 2 aliphatic rings. The van der Waals surface area contributed by atoms with Gasteiger partial charge in [-0.15, -0.1) is 0 Å². The summed E-state index contributed by atoms with van der Waals surface area (Å²) in [5.74, 6) is 2.76. The van der Waals surface area contributed by atoms with Gasteiger partial charge in [-0.25, -0.2) is 0 Å². The van der Waals surface area contributed by atoms with E-state index in [1.807, 2.05) is 0 Å². The second kappa shape index (κ2) is 8.04. The highest BCUT2D eigenvalue weighted by Crippen LogP contribution is 2.38. The fourth-order valence-corrected chi connectivity index (χ4v) is 5.10. The van der Waals surface area contributed by atoms with Crippen LogP contribution >= 0.6 is 0 Å². The minimum Gasteiger partial charge on any atom is -0.393 e. The highest BCUT2D eigenvalue weighted by molar-refractivity contribution is 5.37. The maximum Gasteiger partial charge on any atom is 0.0540 e. The Kier molecular flexibility index (Phi) is 6.02. The molecule has 0 radical (unpaired) electrons. The zero-order valence-electron chi connectivity index (χ0n) is 16.0. The van der Waals surface area contributed by atoms with Gasteiger partial charge in [0.15, 0.2) is 0 Å². The molecular formula is C23H36O. The summed E-state index contributed by atoms with van der Waals surface area (Å²) in [4.78, 5) is 0. The van der Waals surface area contributed by atoms with E-state index in [-0.39, 0.29) is 6.10 Å². The molecule has 1 nitrogen and oxygen atoms in total. The van der Waals surface area contributed by atoms with Crippen molar-refractivity contribution in [3.63, 3.8) is 0 Å². The van der Waals surface area contributed by atoms with Gasteiger partial charge in [0.25, 0.3) is 0 Å². The predicted octanol–water partition coefficient (Wildman–Crippen LogP) is 5.90. The van der Waals surface area contributed by atoms with Gasteiger partial charge in [-0.2, -0.15) is 0 Å². The first-order chi connectivity index (χ1) is 11.5. The number of hydrogen-bond donors (Lipinski definition) is 1. The Morgan fingerprint density at radius 2 is 1.21 bits per heavy atom. The lowest BCUT2D eigenvalue weighted by Crippen LogP contribution is -2.23. The van der Waals surface area contributed by atoms with E-state index in [1.165, 1.54) is 68.1 Å². The summed E-state index contributed by atoms with van der Waals surface area (Å²) < 4.78 is 0. The zero-order valence-corrected chi connectivity index (χ0v) is 16.0. The third-order valence-corrected chi connectivity index (χ3v) is 6.96. The lowest BCUT2D eigenvalue weighted by Gasteiger charge is -2.33. The number of hydrogen-bond acceptors (Lipinski definition) is 1. The largest absolute Gasteiger partial charge is 0.393 e. The molecule has 2 fully saturated rings. The van der Waals surface area contributed by atoms with Crippen LogP contribution in [0, 0.1) is 38.5 Å². The molecule has 3 rings (SSSR count). The van der Waals surface area contributed by atoms with Crippen LogP contribution in [0.5, 0.6) is 0 Å². The third-order valence-electron chi connectivity index (χ3n) is 6.96. The Morgan fingerprint density at radius 3 is 1.75 bits per heavy atom. The summed E-state index contributed by atoms with van der Waals surface area (Å²) in [5.41, 5.74) is 5.93. The normalized spacial score (nSPS) is 31.2. The molecule has 1 heteroatoms. The van der Waals surface area contributed by atoms with Crippen molar-refractivity contribution < 1.29 is 5.11 Å². The Labute approximate surface area is 148 Å². The SMILES string of the molecule is Cc1cc(CC2CCC(CC3CCC(O)CC3)CC2)cc(C)c1C.